The number of carbonyl (C=O) groups is 1. The smallest absolute Gasteiger partial charge is 0.422 e. The van der Waals surface area contributed by atoms with Gasteiger partial charge in [-0.05, 0) is 42.8 Å². The van der Waals surface area contributed by atoms with E-state index in [1.54, 1.807) is 18.2 Å². The molecule has 29 heavy (non-hydrogen) atoms. The first-order chi connectivity index (χ1) is 13.8. The van der Waals surface area contributed by atoms with Crippen LogP contribution in [0.2, 0.25) is 0 Å². The van der Waals surface area contributed by atoms with Crippen LogP contribution in [0, 0.1) is 11.7 Å². The van der Waals surface area contributed by atoms with Crippen molar-refractivity contribution in [2.45, 2.75) is 25.7 Å². The Morgan fingerprint density at radius 2 is 2.10 bits per heavy atom. The van der Waals surface area contributed by atoms with Crippen LogP contribution in [0.3, 0.4) is 0 Å². The average molecular weight is 411 g/mol. The first kappa shape index (κ1) is 21.0. The molecule has 0 saturated carbocycles. The zero-order valence-corrected chi connectivity index (χ0v) is 15.6. The summed E-state index contributed by atoms with van der Waals surface area (Å²) in [5.41, 5.74) is 0.993. The van der Waals surface area contributed by atoms with E-state index >= 15 is 0 Å². The van der Waals surface area contributed by atoms with Crippen molar-refractivity contribution in [3.05, 3.63) is 59.7 Å². The molecule has 9 heteroatoms. The molecule has 156 valence electrons. The second-order valence-electron chi connectivity index (χ2n) is 6.92. The Morgan fingerprint density at radius 3 is 2.86 bits per heavy atom. The highest BCUT2D eigenvalue weighted by molar-refractivity contribution is 5.79. The van der Waals surface area contributed by atoms with Crippen molar-refractivity contribution in [2.75, 3.05) is 19.7 Å². The monoisotopic (exact) mass is 411 g/mol. The van der Waals surface area contributed by atoms with E-state index in [9.17, 15) is 22.4 Å². The molecule has 0 radical (unpaired) electrons. The zero-order valence-electron chi connectivity index (χ0n) is 15.6. The molecular formula is C20H21F4N3O2. The van der Waals surface area contributed by atoms with Gasteiger partial charge in [0, 0.05) is 19.3 Å². The Hall–Kier alpha value is -2.68. The summed E-state index contributed by atoms with van der Waals surface area (Å²) in [5, 5.41) is 2.71. The topological polar surface area (TPSA) is 54.5 Å². The van der Waals surface area contributed by atoms with Gasteiger partial charge in [-0.15, -0.1) is 0 Å². The van der Waals surface area contributed by atoms with E-state index in [4.69, 9.17) is 4.74 Å². The highest BCUT2D eigenvalue weighted by atomic mass is 19.4. The van der Waals surface area contributed by atoms with E-state index in [2.05, 4.69) is 15.2 Å². The summed E-state index contributed by atoms with van der Waals surface area (Å²) in [6, 6.07) is 9.27. The zero-order chi connectivity index (χ0) is 20.9. The number of aromatic nitrogens is 1. The summed E-state index contributed by atoms with van der Waals surface area (Å²) in [4.78, 5) is 18.3. The van der Waals surface area contributed by atoms with E-state index in [-0.39, 0.29) is 29.8 Å². The van der Waals surface area contributed by atoms with Crippen LogP contribution in [0.4, 0.5) is 17.6 Å². The Bertz CT molecular complexity index is 844. The van der Waals surface area contributed by atoms with Gasteiger partial charge in [-0.1, -0.05) is 12.1 Å². The van der Waals surface area contributed by atoms with Gasteiger partial charge in [0.2, 0.25) is 5.91 Å². The summed E-state index contributed by atoms with van der Waals surface area (Å²) in [6.07, 6.45) is -2.26. The molecule has 0 aliphatic carbocycles. The summed E-state index contributed by atoms with van der Waals surface area (Å²) in [5.74, 6) is -0.703. The Morgan fingerprint density at radius 1 is 1.28 bits per heavy atom. The van der Waals surface area contributed by atoms with Gasteiger partial charge < -0.3 is 10.1 Å². The molecule has 1 unspecified atom stereocenters. The van der Waals surface area contributed by atoms with Gasteiger partial charge in [-0.3, -0.25) is 14.7 Å². The fourth-order valence-electron chi connectivity index (χ4n) is 3.21. The third kappa shape index (κ3) is 6.42. The average Bonchev–Trinajstić information content (AvgIpc) is 3.14. The van der Waals surface area contributed by atoms with Crippen molar-refractivity contribution in [3.8, 4) is 5.75 Å². The number of nitrogens with zero attached hydrogens (tertiary/aromatic N) is 2. The Labute approximate surface area is 165 Å². The largest absolute Gasteiger partial charge is 0.484 e. The van der Waals surface area contributed by atoms with E-state index in [0.29, 0.717) is 26.1 Å². The minimum absolute atomic E-state index is 0.0284. The van der Waals surface area contributed by atoms with Gasteiger partial charge in [0.25, 0.3) is 0 Å². The maximum absolute atomic E-state index is 13.6. The van der Waals surface area contributed by atoms with E-state index < -0.39 is 18.6 Å². The quantitative estimate of drug-likeness (QED) is 0.711. The fourth-order valence-corrected chi connectivity index (χ4v) is 3.21. The van der Waals surface area contributed by atoms with Crippen molar-refractivity contribution in [2.24, 2.45) is 5.92 Å². The maximum atomic E-state index is 13.6. The number of pyridine rings is 1. The van der Waals surface area contributed by atoms with Crippen molar-refractivity contribution in [3.63, 3.8) is 0 Å². The lowest BCUT2D eigenvalue weighted by Gasteiger charge is -2.17. The molecule has 0 spiro atoms. The molecule has 1 atom stereocenters. The van der Waals surface area contributed by atoms with Crippen LogP contribution in [0.1, 0.15) is 17.7 Å². The molecule has 2 heterocycles. The van der Waals surface area contributed by atoms with Gasteiger partial charge >= 0.3 is 6.18 Å². The number of rotatable bonds is 7. The van der Waals surface area contributed by atoms with Gasteiger partial charge in [0.1, 0.15) is 11.6 Å². The van der Waals surface area contributed by atoms with Gasteiger partial charge in [0.05, 0.1) is 18.2 Å². The third-order valence-electron chi connectivity index (χ3n) is 4.62. The highest BCUT2D eigenvalue weighted by Crippen LogP contribution is 2.23. The van der Waals surface area contributed by atoms with Crippen molar-refractivity contribution >= 4 is 5.91 Å². The standard InChI is InChI=1S/C20H21F4N3O2/c21-17-5-2-7-25-18(17)10-26-19(28)15-6-8-27(12-15)11-14-3-1-4-16(9-14)29-13-20(22,23)24/h1-5,7,9,15H,6,8,10-13H2,(H,26,28). The van der Waals surface area contributed by atoms with Crippen molar-refractivity contribution in [1.82, 2.24) is 15.2 Å². The molecule has 1 aliphatic heterocycles. The molecule has 1 N–H and O–H groups in total. The third-order valence-corrected chi connectivity index (χ3v) is 4.62. The van der Waals surface area contributed by atoms with Crippen LogP contribution in [0.5, 0.6) is 5.75 Å². The van der Waals surface area contributed by atoms with Crippen LogP contribution in [0.25, 0.3) is 0 Å². The fraction of sp³-hybridized carbons (Fsp3) is 0.400. The van der Waals surface area contributed by atoms with E-state index in [0.717, 1.165) is 5.56 Å². The molecule has 5 nitrogen and oxygen atoms in total. The summed E-state index contributed by atoms with van der Waals surface area (Å²) >= 11 is 0. The summed E-state index contributed by atoms with van der Waals surface area (Å²) in [6.45, 7) is 0.398. The number of nitrogens with one attached hydrogen (secondary N) is 1. The molecule has 1 aliphatic rings. The van der Waals surface area contributed by atoms with E-state index in [1.165, 1.54) is 24.4 Å². The predicted molar refractivity (Wildman–Crippen MR) is 97.4 cm³/mol. The number of alkyl halides is 3. The van der Waals surface area contributed by atoms with Gasteiger partial charge in [-0.25, -0.2) is 4.39 Å². The summed E-state index contributed by atoms with van der Waals surface area (Å²) in [7, 11) is 0. The minimum atomic E-state index is -4.39. The molecule has 1 aromatic heterocycles. The lowest BCUT2D eigenvalue weighted by atomic mass is 10.1. The number of ether oxygens (including phenoxy) is 1. The highest BCUT2D eigenvalue weighted by Gasteiger charge is 2.29. The van der Waals surface area contributed by atoms with Crippen LogP contribution < -0.4 is 10.1 Å². The molecule has 0 bridgehead atoms. The molecule has 2 aromatic rings. The van der Waals surface area contributed by atoms with Gasteiger partial charge in [-0.2, -0.15) is 13.2 Å². The first-order valence-corrected chi connectivity index (χ1v) is 9.18. The maximum Gasteiger partial charge on any atom is 0.422 e. The molecule has 1 aromatic carbocycles. The van der Waals surface area contributed by atoms with Gasteiger partial charge in [0.15, 0.2) is 6.61 Å². The number of halogens is 4. The number of amides is 1. The molecule has 1 saturated heterocycles. The number of carbonyl (C=O) groups excluding carboxylic acids is 1. The van der Waals surface area contributed by atoms with Crippen molar-refractivity contribution in [1.29, 1.82) is 0 Å². The lowest BCUT2D eigenvalue weighted by molar-refractivity contribution is -0.153. The van der Waals surface area contributed by atoms with Crippen LogP contribution in [-0.4, -0.2) is 41.7 Å². The molecule has 3 rings (SSSR count). The summed E-state index contributed by atoms with van der Waals surface area (Å²) < 4.78 is 55.2. The van der Waals surface area contributed by atoms with Crippen LogP contribution in [0.15, 0.2) is 42.6 Å². The second-order valence-corrected chi connectivity index (χ2v) is 6.92. The number of likely N-dealkylation sites (tertiary alicyclic amines) is 1. The number of benzene rings is 1. The normalized spacial score (nSPS) is 17.3. The van der Waals surface area contributed by atoms with E-state index in [1.807, 2.05) is 0 Å². The Balaban J connectivity index is 1.48. The SMILES string of the molecule is O=C(NCc1ncccc1F)C1CCN(Cc2cccc(OCC(F)(F)F)c2)C1. The van der Waals surface area contributed by atoms with Crippen LogP contribution in [-0.2, 0) is 17.9 Å². The minimum Gasteiger partial charge on any atom is -0.484 e. The number of hydrogen-bond donors (Lipinski definition) is 1. The lowest BCUT2D eigenvalue weighted by Crippen LogP contribution is -2.32. The number of hydrogen-bond acceptors (Lipinski definition) is 4. The molecule has 1 amide bonds. The predicted octanol–water partition coefficient (Wildman–Crippen LogP) is 3.30. The molecule has 1 fully saturated rings. The first-order valence-electron chi connectivity index (χ1n) is 9.18. The van der Waals surface area contributed by atoms with Crippen LogP contribution >= 0.6 is 0 Å². The molecular weight excluding hydrogens is 390 g/mol. The van der Waals surface area contributed by atoms with Crippen molar-refractivity contribution < 1.29 is 27.1 Å². The Kier molecular flexibility index (Phi) is 6.68. The second kappa shape index (κ2) is 9.21.